The van der Waals surface area contributed by atoms with Crippen LogP contribution in [0.3, 0.4) is 0 Å². The van der Waals surface area contributed by atoms with E-state index in [1.807, 2.05) is 6.08 Å². The lowest BCUT2D eigenvalue weighted by Crippen LogP contribution is -2.19. The summed E-state index contributed by atoms with van der Waals surface area (Å²) in [5.41, 5.74) is 5.19. The van der Waals surface area contributed by atoms with Crippen molar-refractivity contribution in [3.05, 3.63) is 52.7 Å². The Morgan fingerprint density at radius 3 is 2.48 bits per heavy atom. The third-order valence-corrected chi connectivity index (χ3v) is 6.04. The van der Waals surface area contributed by atoms with Crippen LogP contribution in [-0.2, 0) is 4.74 Å². The van der Waals surface area contributed by atoms with E-state index in [4.69, 9.17) is 4.74 Å². The molecule has 0 amide bonds. The molecule has 0 atom stereocenters. The highest BCUT2D eigenvalue weighted by atomic mass is 16.5. The summed E-state index contributed by atoms with van der Waals surface area (Å²) in [6.07, 6.45) is 20.5. The summed E-state index contributed by atoms with van der Waals surface area (Å²) in [4.78, 5) is 20.5. The monoisotopic (exact) mass is 424 g/mol. The van der Waals surface area contributed by atoms with Crippen LogP contribution in [-0.4, -0.2) is 22.5 Å². The molecule has 1 aromatic rings. The van der Waals surface area contributed by atoms with E-state index in [-0.39, 0.29) is 11.2 Å². The van der Waals surface area contributed by atoms with E-state index in [0.29, 0.717) is 6.61 Å². The van der Waals surface area contributed by atoms with E-state index in [1.165, 1.54) is 56.1 Å². The first-order valence-corrected chi connectivity index (χ1v) is 11.9. The molecule has 1 aliphatic carbocycles. The molecule has 2 rings (SSSR count). The maximum Gasteiger partial charge on any atom is 0.376 e. The molecule has 4 heteroatoms. The Hall–Kier alpha value is -2.23. The third kappa shape index (κ3) is 8.43. The van der Waals surface area contributed by atoms with E-state index in [9.17, 15) is 4.79 Å². The molecule has 0 aliphatic heterocycles. The van der Waals surface area contributed by atoms with Crippen molar-refractivity contribution in [1.29, 1.82) is 0 Å². The van der Waals surface area contributed by atoms with Crippen molar-refractivity contribution in [3.8, 4) is 0 Å². The highest BCUT2D eigenvalue weighted by Crippen LogP contribution is 2.40. The lowest BCUT2D eigenvalue weighted by molar-refractivity contribution is 0.0483. The van der Waals surface area contributed by atoms with Gasteiger partial charge in [-0.2, -0.15) is 0 Å². The average molecular weight is 425 g/mol. The smallest absolute Gasteiger partial charge is 0.376 e. The van der Waals surface area contributed by atoms with Gasteiger partial charge in [0.1, 0.15) is 0 Å². The number of esters is 1. The zero-order chi connectivity index (χ0) is 22.7. The van der Waals surface area contributed by atoms with Crippen molar-refractivity contribution in [3.63, 3.8) is 0 Å². The van der Waals surface area contributed by atoms with E-state index in [0.717, 1.165) is 24.0 Å². The minimum absolute atomic E-state index is 0.126. The standard InChI is InChI=1S/C27H40N2O2/c1-6-7-8-9-10-11-17-31-26(30)25-28-19-23(20-29-25)18-21(2)14-15-24-22(3)13-12-16-27(24,4)5/h14-15,18-20H,6-13,16-17H2,1-5H3. The minimum Gasteiger partial charge on any atom is -0.460 e. The number of rotatable bonds is 11. The van der Waals surface area contributed by atoms with Crippen molar-refractivity contribution in [2.75, 3.05) is 6.61 Å². The first-order chi connectivity index (χ1) is 14.8. The van der Waals surface area contributed by atoms with Gasteiger partial charge >= 0.3 is 5.97 Å². The molecule has 31 heavy (non-hydrogen) atoms. The van der Waals surface area contributed by atoms with Crippen LogP contribution in [0.4, 0.5) is 0 Å². The fraction of sp³-hybridized carbons (Fsp3) is 0.593. The molecule has 0 unspecified atom stereocenters. The van der Waals surface area contributed by atoms with Crippen LogP contribution in [0.1, 0.15) is 109 Å². The lowest BCUT2D eigenvalue weighted by Gasteiger charge is -2.32. The molecule has 1 aliphatic rings. The summed E-state index contributed by atoms with van der Waals surface area (Å²) >= 11 is 0. The molecule has 0 bridgehead atoms. The number of aromatic nitrogens is 2. The fourth-order valence-electron chi connectivity index (χ4n) is 4.17. The first kappa shape index (κ1) is 25.0. The van der Waals surface area contributed by atoms with Gasteiger partial charge in [0.15, 0.2) is 0 Å². The molecule has 1 aromatic heterocycles. The third-order valence-electron chi connectivity index (χ3n) is 6.04. The Morgan fingerprint density at radius 1 is 1.13 bits per heavy atom. The molecular formula is C27H40N2O2. The van der Waals surface area contributed by atoms with Gasteiger partial charge in [0.25, 0.3) is 0 Å². The Bertz CT molecular complexity index is 801. The van der Waals surface area contributed by atoms with E-state index in [1.54, 1.807) is 12.4 Å². The van der Waals surface area contributed by atoms with Crippen LogP contribution >= 0.6 is 0 Å². The molecular weight excluding hydrogens is 384 g/mol. The Labute approximate surface area is 188 Å². The number of ether oxygens (including phenoxy) is 1. The van der Waals surface area contributed by atoms with Gasteiger partial charge in [0, 0.05) is 18.0 Å². The minimum atomic E-state index is -0.442. The van der Waals surface area contributed by atoms with E-state index in [2.05, 4.69) is 56.7 Å². The van der Waals surface area contributed by atoms with Crippen LogP contribution in [0.2, 0.25) is 0 Å². The quantitative estimate of drug-likeness (QED) is 0.210. The van der Waals surface area contributed by atoms with Crippen LogP contribution in [0, 0.1) is 5.41 Å². The van der Waals surface area contributed by atoms with E-state index < -0.39 is 5.97 Å². The number of allylic oxidation sites excluding steroid dienone is 5. The van der Waals surface area contributed by atoms with Crippen molar-refractivity contribution in [1.82, 2.24) is 9.97 Å². The van der Waals surface area contributed by atoms with Crippen LogP contribution in [0.15, 0.2) is 41.3 Å². The fourth-order valence-corrected chi connectivity index (χ4v) is 4.17. The maximum absolute atomic E-state index is 12.1. The molecule has 0 spiro atoms. The number of hydrogen-bond acceptors (Lipinski definition) is 4. The lowest BCUT2D eigenvalue weighted by atomic mass is 9.72. The molecule has 0 saturated carbocycles. The van der Waals surface area contributed by atoms with Gasteiger partial charge in [-0.3, -0.25) is 0 Å². The highest BCUT2D eigenvalue weighted by molar-refractivity contribution is 5.85. The van der Waals surface area contributed by atoms with Crippen molar-refractivity contribution < 1.29 is 9.53 Å². The molecule has 170 valence electrons. The van der Waals surface area contributed by atoms with Crippen LogP contribution in [0.25, 0.3) is 6.08 Å². The molecule has 0 fully saturated rings. The predicted molar refractivity (Wildman–Crippen MR) is 129 cm³/mol. The van der Waals surface area contributed by atoms with Crippen LogP contribution < -0.4 is 0 Å². The largest absolute Gasteiger partial charge is 0.460 e. The van der Waals surface area contributed by atoms with Gasteiger partial charge < -0.3 is 4.74 Å². The summed E-state index contributed by atoms with van der Waals surface area (Å²) in [6.45, 7) is 11.6. The molecule has 0 aromatic carbocycles. The summed E-state index contributed by atoms with van der Waals surface area (Å²) in [6, 6.07) is 0. The summed E-state index contributed by atoms with van der Waals surface area (Å²) < 4.78 is 5.30. The second-order valence-corrected chi connectivity index (χ2v) is 9.40. The second kappa shape index (κ2) is 12.6. The van der Waals surface area contributed by atoms with Gasteiger partial charge in [-0.15, -0.1) is 0 Å². The SMILES string of the molecule is CCCCCCCCOC(=O)c1ncc(C=C(C)C=CC2=C(C)CCCC2(C)C)cn1. The highest BCUT2D eigenvalue weighted by Gasteiger charge is 2.26. The number of carbonyl (C=O) groups excluding carboxylic acids is 1. The zero-order valence-electron chi connectivity index (χ0n) is 20.2. The van der Waals surface area contributed by atoms with Gasteiger partial charge in [0.2, 0.25) is 5.82 Å². The molecule has 4 nitrogen and oxygen atoms in total. The molecule has 0 N–H and O–H groups in total. The zero-order valence-corrected chi connectivity index (χ0v) is 20.2. The van der Waals surface area contributed by atoms with Gasteiger partial charge in [0.05, 0.1) is 6.61 Å². The number of unbranched alkanes of at least 4 members (excludes halogenated alkanes) is 5. The Morgan fingerprint density at radius 2 is 1.81 bits per heavy atom. The number of nitrogens with zero attached hydrogens (tertiary/aromatic N) is 2. The average Bonchev–Trinajstić information content (AvgIpc) is 2.72. The van der Waals surface area contributed by atoms with Crippen molar-refractivity contribution in [2.24, 2.45) is 5.41 Å². The van der Waals surface area contributed by atoms with E-state index >= 15 is 0 Å². The van der Waals surface area contributed by atoms with Gasteiger partial charge in [-0.05, 0) is 56.6 Å². The molecule has 0 saturated heterocycles. The molecule has 1 heterocycles. The summed E-state index contributed by atoms with van der Waals surface area (Å²) in [5, 5.41) is 0. The first-order valence-electron chi connectivity index (χ1n) is 11.9. The van der Waals surface area contributed by atoms with Crippen LogP contribution in [0.5, 0.6) is 0 Å². The predicted octanol–water partition coefficient (Wildman–Crippen LogP) is 7.48. The Kier molecular flexibility index (Phi) is 10.2. The molecule has 0 radical (unpaired) electrons. The number of carbonyl (C=O) groups is 1. The van der Waals surface area contributed by atoms with Gasteiger partial charge in [-0.1, -0.05) is 76.2 Å². The normalized spacial score (nSPS) is 16.7. The topological polar surface area (TPSA) is 52.1 Å². The summed E-state index contributed by atoms with van der Waals surface area (Å²) in [5.74, 6) is -0.316. The van der Waals surface area contributed by atoms with Crippen molar-refractivity contribution >= 4 is 12.0 Å². The Balaban J connectivity index is 1.86. The number of hydrogen-bond donors (Lipinski definition) is 0. The maximum atomic E-state index is 12.1. The van der Waals surface area contributed by atoms with Crippen molar-refractivity contribution in [2.45, 2.75) is 92.4 Å². The van der Waals surface area contributed by atoms with Gasteiger partial charge in [-0.25, -0.2) is 14.8 Å². The second-order valence-electron chi connectivity index (χ2n) is 9.40. The summed E-state index contributed by atoms with van der Waals surface area (Å²) in [7, 11) is 0.